The van der Waals surface area contributed by atoms with Gasteiger partial charge in [0.2, 0.25) is 0 Å². The molecule has 0 saturated carbocycles. The molecule has 4 nitrogen and oxygen atoms in total. The maximum Gasteiger partial charge on any atom is 0.126 e. The smallest absolute Gasteiger partial charge is 0.126 e. The van der Waals surface area contributed by atoms with E-state index in [1.807, 2.05) is 31.2 Å². The molecule has 0 aliphatic rings. The van der Waals surface area contributed by atoms with Crippen LogP contribution in [0, 0.1) is 12.3 Å². The first-order valence-electron chi connectivity index (χ1n) is 4.63. The maximum atomic E-state index is 7.28. The van der Waals surface area contributed by atoms with Crippen molar-refractivity contribution in [1.29, 1.82) is 5.41 Å². The Morgan fingerprint density at radius 3 is 2.87 bits per heavy atom. The van der Waals surface area contributed by atoms with Gasteiger partial charge in [0.05, 0.1) is 17.4 Å². The van der Waals surface area contributed by atoms with Crippen LogP contribution in [0.4, 0.5) is 0 Å². The SMILES string of the molecule is Cc1cccc(-n2cc(C(=N)N)cn2)c1. The lowest BCUT2D eigenvalue weighted by Gasteiger charge is -2.01. The quantitative estimate of drug-likeness (QED) is 0.569. The van der Waals surface area contributed by atoms with E-state index in [1.165, 1.54) is 5.56 Å². The summed E-state index contributed by atoms with van der Waals surface area (Å²) in [6, 6.07) is 7.99. The number of aryl methyl sites for hydroxylation is 1. The van der Waals surface area contributed by atoms with Crippen LogP contribution in [0.1, 0.15) is 11.1 Å². The van der Waals surface area contributed by atoms with E-state index in [-0.39, 0.29) is 5.84 Å². The van der Waals surface area contributed by atoms with Crippen LogP contribution < -0.4 is 5.73 Å². The Morgan fingerprint density at radius 1 is 1.47 bits per heavy atom. The van der Waals surface area contributed by atoms with Crippen molar-refractivity contribution >= 4 is 5.84 Å². The zero-order valence-electron chi connectivity index (χ0n) is 8.44. The minimum absolute atomic E-state index is 0.0360. The summed E-state index contributed by atoms with van der Waals surface area (Å²) in [5.74, 6) is 0.0360. The number of nitrogens with one attached hydrogen (secondary N) is 1. The van der Waals surface area contributed by atoms with Crippen molar-refractivity contribution in [2.24, 2.45) is 5.73 Å². The average molecular weight is 200 g/mol. The van der Waals surface area contributed by atoms with Crippen molar-refractivity contribution in [3.8, 4) is 5.69 Å². The second-order valence-corrected chi connectivity index (χ2v) is 3.43. The number of hydrogen-bond acceptors (Lipinski definition) is 2. The highest BCUT2D eigenvalue weighted by Gasteiger charge is 2.02. The van der Waals surface area contributed by atoms with Crippen molar-refractivity contribution in [3.63, 3.8) is 0 Å². The van der Waals surface area contributed by atoms with E-state index in [4.69, 9.17) is 11.1 Å². The lowest BCUT2D eigenvalue weighted by Crippen LogP contribution is -2.09. The maximum absolute atomic E-state index is 7.28. The molecular formula is C11H12N4. The topological polar surface area (TPSA) is 67.7 Å². The molecular weight excluding hydrogens is 188 g/mol. The minimum atomic E-state index is 0.0360. The number of hydrogen-bond donors (Lipinski definition) is 2. The van der Waals surface area contributed by atoms with E-state index in [0.29, 0.717) is 5.56 Å². The van der Waals surface area contributed by atoms with Gasteiger partial charge in [-0.05, 0) is 24.6 Å². The van der Waals surface area contributed by atoms with Gasteiger partial charge in [-0.2, -0.15) is 5.10 Å². The molecule has 0 aliphatic heterocycles. The second kappa shape index (κ2) is 3.57. The fourth-order valence-electron chi connectivity index (χ4n) is 1.37. The molecule has 1 aromatic heterocycles. The van der Waals surface area contributed by atoms with Crippen LogP contribution in [0.15, 0.2) is 36.7 Å². The third-order valence-corrected chi connectivity index (χ3v) is 2.16. The summed E-state index contributed by atoms with van der Waals surface area (Å²) in [4.78, 5) is 0. The predicted molar refractivity (Wildman–Crippen MR) is 59.3 cm³/mol. The van der Waals surface area contributed by atoms with Crippen LogP contribution in [-0.4, -0.2) is 15.6 Å². The van der Waals surface area contributed by atoms with E-state index in [9.17, 15) is 0 Å². The molecule has 1 aromatic carbocycles. The largest absolute Gasteiger partial charge is 0.384 e. The first-order chi connectivity index (χ1) is 7.16. The van der Waals surface area contributed by atoms with E-state index >= 15 is 0 Å². The van der Waals surface area contributed by atoms with Crippen molar-refractivity contribution < 1.29 is 0 Å². The number of aromatic nitrogens is 2. The number of nitrogens with zero attached hydrogens (tertiary/aromatic N) is 2. The Morgan fingerprint density at radius 2 is 2.27 bits per heavy atom. The molecule has 0 radical (unpaired) electrons. The highest BCUT2D eigenvalue weighted by molar-refractivity contribution is 5.94. The summed E-state index contributed by atoms with van der Waals surface area (Å²) in [5, 5.41) is 11.4. The normalized spacial score (nSPS) is 10.2. The van der Waals surface area contributed by atoms with Gasteiger partial charge in [-0.15, -0.1) is 0 Å². The van der Waals surface area contributed by atoms with Crippen LogP contribution in [0.25, 0.3) is 5.69 Å². The third kappa shape index (κ3) is 1.88. The Balaban J connectivity index is 2.41. The van der Waals surface area contributed by atoms with Gasteiger partial charge in [0, 0.05) is 6.20 Å². The van der Waals surface area contributed by atoms with Crippen molar-refractivity contribution in [1.82, 2.24) is 9.78 Å². The van der Waals surface area contributed by atoms with E-state index in [2.05, 4.69) is 5.10 Å². The molecule has 0 fully saturated rings. The van der Waals surface area contributed by atoms with Crippen LogP contribution >= 0.6 is 0 Å². The highest BCUT2D eigenvalue weighted by Crippen LogP contribution is 2.09. The van der Waals surface area contributed by atoms with E-state index < -0.39 is 0 Å². The van der Waals surface area contributed by atoms with Gasteiger partial charge in [0.1, 0.15) is 5.84 Å². The van der Waals surface area contributed by atoms with Gasteiger partial charge in [-0.1, -0.05) is 12.1 Å². The van der Waals surface area contributed by atoms with Crippen LogP contribution in [-0.2, 0) is 0 Å². The molecule has 0 atom stereocenters. The first-order valence-corrected chi connectivity index (χ1v) is 4.63. The fourth-order valence-corrected chi connectivity index (χ4v) is 1.37. The fraction of sp³-hybridized carbons (Fsp3) is 0.0909. The Hall–Kier alpha value is -2.10. The molecule has 0 unspecified atom stereocenters. The molecule has 15 heavy (non-hydrogen) atoms. The van der Waals surface area contributed by atoms with Gasteiger partial charge in [-0.25, -0.2) is 4.68 Å². The summed E-state index contributed by atoms with van der Waals surface area (Å²) >= 11 is 0. The molecule has 0 saturated heterocycles. The molecule has 0 bridgehead atoms. The van der Waals surface area contributed by atoms with Crippen molar-refractivity contribution in [2.75, 3.05) is 0 Å². The molecule has 2 rings (SSSR count). The standard InChI is InChI=1S/C11H12N4/c1-8-3-2-4-10(5-8)15-7-9(6-14-15)11(12)13/h2-7H,1H3,(H3,12,13). The number of rotatable bonds is 2. The zero-order valence-corrected chi connectivity index (χ0v) is 8.44. The molecule has 4 heteroatoms. The Kier molecular flexibility index (Phi) is 2.25. The van der Waals surface area contributed by atoms with Gasteiger partial charge >= 0.3 is 0 Å². The van der Waals surface area contributed by atoms with Crippen LogP contribution in [0.5, 0.6) is 0 Å². The van der Waals surface area contributed by atoms with Crippen LogP contribution in [0.2, 0.25) is 0 Å². The summed E-state index contributed by atoms with van der Waals surface area (Å²) in [5.41, 5.74) is 8.15. The molecule has 0 amide bonds. The molecule has 2 aromatic rings. The third-order valence-electron chi connectivity index (χ3n) is 2.16. The summed E-state index contributed by atoms with van der Waals surface area (Å²) < 4.78 is 1.71. The second-order valence-electron chi connectivity index (χ2n) is 3.43. The molecule has 76 valence electrons. The monoisotopic (exact) mass is 200 g/mol. The first kappa shape index (κ1) is 9.45. The molecule has 3 N–H and O–H groups in total. The zero-order chi connectivity index (χ0) is 10.8. The van der Waals surface area contributed by atoms with Gasteiger partial charge < -0.3 is 5.73 Å². The lowest BCUT2D eigenvalue weighted by atomic mass is 10.2. The lowest BCUT2D eigenvalue weighted by molar-refractivity contribution is 0.879. The number of nitrogens with two attached hydrogens (primary N) is 1. The highest BCUT2D eigenvalue weighted by atomic mass is 15.3. The molecule has 0 aliphatic carbocycles. The predicted octanol–water partition coefficient (Wildman–Crippen LogP) is 1.46. The van der Waals surface area contributed by atoms with Gasteiger partial charge in [-0.3, -0.25) is 5.41 Å². The Bertz CT molecular complexity index is 499. The number of amidine groups is 1. The van der Waals surface area contributed by atoms with Gasteiger partial charge in [0.25, 0.3) is 0 Å². The van der Waals surface area contributed by atoms with Gasteiger partial charge in [0.15, 0.2) is 0 Å². The van der Waals surface area contributed by atoms with Crippen molar-refractivity contribution in [2.45, 2.75) is 6.92 Å². The average Bonchev–Trinajstić information content (AvgIpc) is 2.66. The summed E-state index contributed by atoms with van der Waals surface area (Å²) in [6.07, 6.45) is 3.34. The van der Waals surface area contributed by atoms with Crippen molar-refractivity contribution in [3.05, 3.63) is 47.8 Å². The van der Waals surface area contributed by atoms with E-state index in [0.717, 1.165) is 5.69 Å². The summed E-state index contributed by atoms with van der Waals surface area (Å²) in [7, 11) is 0. The Labute approximate surface area is 87.9 Å². The number of benzene rings is 1. The van der Waals surface area contributed by atoms with Crippen LogP contribution in [0.3, 0.4) is 0 Å². The molecule has 0 spiro atoms. The minimum Gasteiger partial charge on any atom is -0.384 e. The van der Waals surface area contributed by atoms with E-state index in [1.54, 1.807) is 17.1 Å². The number of nitrogen functional groups attached to an aromatic ring is 1. The summed E-state index contributed by atoms with van der Waals surface area (Å²) in [6.45, 7) is 2.03. The molecule has 1 heterocycles.